The zero-order valence-corrected chi connectivity index (χ0v) is 18.3. The molecule has 0 unspecified atom stereocenters. The van der Waals surface area contributed by atoms with E-state index in [-0.39, 0.29) is 42.5 Å². The summed E-state index contributed by atoms with van der Waals surface area (Å²) in [6.45, 7) is 9.65. The predicted octanol–water partition coefficient (Wildman–Crippen LogP) is 0.897. The van der Waals surface area contributed by atoms with Gasteiger partial charge in [-0.25, -0.2) is 13.2 Å². The van der Waals surface area contributed by atoms with Crippen LogP contribution >= 0.6 is 0 Å². The lowest BCUT2D eigenvalue weighted by molar-refractivity contribution is -0.133. The first kappa shape index (κ1) is 24.3. The van der Waals surface area contributed by atoms with Gasteiger partial charge in [0.1, 0.15) is 0 Å². The normalized spacial score (nSPS) is 14.5. The van der Waals surface area contributed by atoms with Crippen molar-refractivity contribution in [2.45, 2.75) is 11.8 Å². The molecule has 1 heterocycles. The van der Waals surface area contributed by atoms with Crippen molar-refractivity contribution in [1.82, 2.24) is 14.1 Å². The van der Waals surface area contributed by atoms with E-state index in [0.29, 0.717) is 13.1 Å². The van der Waals surface area contributed by atoms with E-state index >= 15 is 0 Å². The molecule has 168 valence electrons. The Balaban J connectivity index is 2.06. The van der Waals surface area contributed by atoms with E-state index in [0.717, 1.165) is 0 Å². The molecule has 0 bridgehead atoms. The molecule has 1 aliphatic heterocycles. The van der Waals surface area contributed by atoms with E-state index in [9.17, 15) is 22.8 Å². The van der Waals surface area contributed by atoms with Crippen LogP contribution in [-0.4, -0.2) is 86.2 Å². The van der Waals surface area contributed by atoms with Crippen LogP contribution in [0.15, 0.2) is 54.5 Å². The van der Waals surface area contributed by atoms with E-state index in [2.05, 4.69) is 13.2 Å². The lowest BCUT2D eigenvalue weighted by atomic mass is 10.2. The molecule has 0 spiro atoms. The molecule has 0 saturated carbocycles. The van der Waals surface area contributed by atoms with Gasteiger partial charge >= 0.3 is 5.97 Å². The Bertz CT molecular complexity index is 942. The summed E-state index contributed by atoms with van der Waals surface area (Å²) in [5.41, 5.74) is 0.0234. The van der Waals surface area contributed by atoms with E-state index in [1.54, 1.807) is 17.1 Å². The second-order valence-corrected chi connectivity index (χ2v) is 8.83. The summed E-state index contributed by atoms with van der Waals surface area (Å²) in [5.74, 6) is -1.32. The molecule has 9 nitrogen and oxygen atoms in total. The minimum absolute atomic E-state index is 0.0234. The number of ether oxygens (including phenoxy) is 1. The number of benzene rings is 1. The van der Waals surface area contributed by atoms with Crippen molar-refractivity contribution in [3.63, 3.8) is 0 Å². The molecular weight excluding hydrogens is 422 g/mol. The highest BCUT2D eigenvalue weighted by Crippen LogP contribution is 2.19. The first-order valence-electron chi connectivity index (χ1n) is 9.73. The summed E-state index contributed by atoms with van der Waals surface area (Å²) < 4.78 is 32.2. The van der Waals surface area contributed by atoms with Crippen molar-refractivity contribution in [2.75, 3.05) is 45.9 Å². The van der Waals surface area contributed by atoms with Gasteiger partial charge in [0.15, 0.2) is 6.61 Å². The van der Waals surface area contributed by atoms with Crippen LogP contribution in [0.3, 0.4) is 0 Å². The minimum Gasteiger partial charge on any atom is -0.452 e. The first-order valence-corrected chi connectivity index (χ1v) is 11.2. The molecule has 1 aromatic carbocycles. The SMILES string of the molecule is C=CCN(CC=C)C(=O)COC(=O)c1cccc(S(=O)(=O)N2CCN(C(C)=O)CC2)c1. The lowest BCUT2D eigenvalue weighted by Gasteiger charge is -2.33. The van der Waals surface area contributed by atoms with E-state index in [1.807, 2.05) is 0 Å². The summed E-state index contributed by atoms with van der Waals surface area (Å²) in [6, 6.07) is 5.48. The van der Waals surface area contributed by atoms with Crippen molar-refractivity contribution >= 4 is 27.8 Å². The van der Waals surface area contributed by atoms with Crippen molar-refractivity contribution in [2.24, 2.45) is 0 Å². The van der Waals surface area contributed by atoms with Gasteiger partial charge in [-0.1, -0.05) is 18.2 Å². The molecule has 10 heteroatoms. The van der Waals surface area contributed by atoms with Gasteiger partial charge in [0.05, 0.1) is 10.5 Å². The average molecular weight is 450 g/mol. The van der Waals surface area contributed by atoms with Crippen LogP contribution in [0.5, 0.6) is 0 Å². The van der Waals surface area contributed by atoms with Gasteiger partial charge in [-0.15, -0.1) is 13.2 Å². The molecule has 1 aromatic rings. The van der Waals surface area contributed by atoms with Crippen LogP contribution < -0.4 is 0 Å². The second kappa shape index (κ2) is 10.9. The summed E-state index contributed by atoms with van der Waals surface area (Å²) in [7, 11) is -3.84. The highest BCUT2D eigenvalue weighted by Gasteiger charge is 2.29. The number of carbonyl (C=O) groups is 3. The largest absolute Gasteiger partial charge is 0.452 e. The molecule has 2 amide bonds. The zero-order valence-electron chi connectivity index (χ0n) is 17.5. The second-order valence-electron chi connectivity index (χ2n) is 6.89. The predicted molar refractivity (Wildman–Crippen MR) is 115 cm³/mol. The third kappa shape index (κ3) is 6.25. The average Bonchev–Trinajstić information content (AvgIpc) is 2.77. The Kier molecular flexibility index (Phi) is 8.52. The van der Waals surface area contributed by atoms with Crippen molar-refractivity contribution < 1.29 is 27.5 Å². The molecule has 1 saturated heterocycles. The highest BCUT2D eigenvalue weighted by molar-refractivity contribution is 7.89. The Hall–Kier alpha value is -2.98. The van der Waals surface area contributed by atoms with Crippen molar-refractivity contribution in [3.05, 3.63) is 55.1 Å². The molecule has 1 aliphatic rings. The maximum absolute atomic E-state index is 12.9. The van der Waals surface area contributed by atoms with E-state index in [4.69, 9.17) is 4.74 Å². The molecule has 0 aliphatic carbocycles. The standard InChI is InChI=1S/C21H27N3O6S/c1-4-9-23(10-5-2)20(26)16-30-21(27)18-7-6-8-19(15-18)31(28,29)24-13-11-22(12-14-24)17(3)25/h4-8,15H,1-2,9-14,16H2,3H3. The number of nitrogens with zero attached hydrogens (tertiary/aromatic N) is 3. The summed E-state index contributed by atoms with van der Waals surface area (Å²) in [6.07, 6.45) is 3.10. The van der Waals surface area contributed by atoms with Gasteiger partial charge in [0, 0.05) is 46.2 Å². The number of hydrogen-bond acceptors (Lipinski definition) is 6. The quantitative estimate of drug-likeness (QED) is 0.410. The van der Waals surface area contributed by atoms with Crippen molar-refractivity contribution in [1.29, 1.82) is 0 Å². The molecule has 2 rings (SSSR count). The number of esters is 1. The number of amides is 2. The Labute approximate surface area is 182 Å². The van der Waals surface area contributed by atoms with Crippen LogP contribution in [0.25, 0.3) is 0 Å². The molecule has 0 aromatic heterocycles. The lowest BCUT2D eigenvalue weighted by Crippen LogP contribution is -2.49. The third-order valence-electron chi connectivity index (χ3n) is 4.77. The first-order chi connectivity index (χ1) is 14.7. The third-order valence-corrected chi connectivity index (χ3v) is 6.66. The summed E-state index contributed by atoms with van der Waals surface area (Å²) >= 11 is 0. The summed E-state index contributed by atoms with van der Waals surface area (Å²) in [5, 5.41) is 0. The molecule has 0 radical (unpaired) electrons. The Morgan fingerprint density at radius 3 is 2.26 bits per heavy atom. The molecular formula is C21H27N3O6S. The molecule has 0 atom stereocenters. The fraction of sp³-hybridized carbons (Fsp3) is 0.381. The number of piperazine rings is 1. The maximum atomic E-state index is 12.9. The maximum Gasteiger partial charge on any atom is 0.338 e. The van der Waals surface area contributed by atoms with Gasteiger partial charge in [-0.05, 0) is 18.2 Å². The Morgan fingerprint density at radius 2 is 1.71 bits per heavy atom. The van der Waals surface area contributed by atoms with Crippen LogP contribution in [0.2, 0.25) is 0 Å². The topological polar surface area (TPSA) is 104 Å². The van der Waals surface area contributed by atoms with Crippen LogP contribution in [0, 0.1) is 0 Å². The Morgan fingerprint density at radius 1 is 1.10 bits per heavy atom. The van der Waals surface area contributed by atoms with Gasteiger partial charge in [-0.2, -0.15) is 4.31 Å². The van der Waals surface area contributed by atoms with Gasteiger partial charge in [0.25, 0.3) is 5.91 Å². The van der Waals surface area contributed by atoms with E-state index < -0.39 is 28.5 Å². The fourth-order valence-corrected chi connectivity index (χ4v) is 4.54. The molecule has 0 N–H and O–H groups in total. The van der Waals surface area contributed by atoms with Crippen LogP contribution in [0.4, 0.5) is 0 Å². The highest BCUT2D eigenvalue weighted by atomic mass is 32.2. The van der Waals surface area contributed by atoms with Crippen LogP contribution in [0.1, 0.15) is 17.3 Å². The number of rotatable bonds is 9. The summed E-state index contributed by atoms with van der Waals surface area (Å²) in [4.78, 5) is 38.9. The number of carbonyl (C=O) groups excluding carboxylic acids is 3. The smallest absolute Gasteiger partial charge is 0.338 e. The fourth-order valence-electron chi connectivity index (χ4n) is 3.07. The monoisotopic (exact) mass is 449 g/mol. The van der Waals surface area contributed by atoms with Crippen molar-refractivity contribution in [3.8, 4) is 0 Å². The molecule has 1 fully saturated rings. The van der Waals surface area contributed by atoms with E-state index in [1.165, 1.54) is 40.4 Å². The zero-order chi connectivity index (χ0) is 23.0. The van der Waals surface area contributed by atoms with Gasteiger partial charge in [-0.3, -0.25) is 9.59 Å². The van der Waals surface area contributed by atoms with Crippen LogP contribution in [-0.2, 0) is 24.3 Å². The van der Waals surface area contributed by atoms with Gasteiger partial charge < -0.3 is 14.5 Å². The number of sulfonamides is 1. The van der Waals surface area contributed by atoms with Gasteiger partial charge in [0.2, 0.25) is 15.9 Å². The molecule has 31 heavy (non-hydrogen) atoms. The minimum atomic E-state index is -3.84. The number of hydrogen-bond donors (Lipinski definition) is 0.